The van der Waals surface area contributed by atoms with Crippen molar-refractivity contribution in [3.8, 4) is 0 Å². The number of fused-ring (bicyclic) bond motifs is 1. The van der Waals surface area contributed by atoms with Crippen LogP contribution in [0.25, 0.3) is 10.1 Å². The highest BCUT2D eigenvalue weighted by molar-refractivity contribution is 7.20. The monoisotopic (exact) mass is 218 g/mol. The first-order chi connectivity index (χ1) is 7.02. The Morgan fingerprint density at radius 1 is 1.27 bits per heavy atom. The number of carbonyl (C=O) groups excluding carboxylic acids is 1. The minimum absolute atomic E-state index is 0.129. The first-order valence-electron chi connectivity index (χ1n) is 5.00. The van der Waals surface area contributed by atoms with Crippen LogP contribution in [-0.4, -0.2) is 6.29 Å². The van der Waals surface area contributed by atoms with E-state index in [1.54, 1.807) is 11.3 Å². The van der Waals surface area contributed by atoms with Crippen molar-refractivity contribution in [2.45, 2.75) is 26.2 Å². The van der Waals surface area contributed by atoms with E-state index in [1.807, 2.05) is 6.07 Å². The SMILES string of the molecule is CC(C)(C)c1cccc2cc(C=O)sc12. The van der Waals surface area contributed by atoms with Gasteiger partial charge in [0.1, 0.15) is 0 Å². The average molecular weight is 218 g/mol. The zero-order valence-electron chi connectivity index (χ0n) is 9.20. The van der Waals surface area contributed by atoms with E-state index in [2.05, 4.69) is 39.0 Å². The summed E-state index contributed by atoms with van der Waals surface area (Å²) >= 11 is 1.58. The van der Waals surface area contributed by atoms with Crippen molar-refractivity contribution in [3.63, 3.8) is 0 Å². The molecule has 0 fully saturated rings. The molecule has 0 aliphatic heterocycles. The first-order valence-corrected chi connectivity index (χ1v) is 5.82. The fourth-order valence-electron chi connectivity index (χ4n) is 1.73. The Bertz CT molecular complexity index is 503. The topological polar surface area (TPSA) is 17.1 Å². The van der Waals surface area contributed by atoms with E-state index in [-0.39, 0.29) is 5.41 Å². The number of aldehydes is 1. The van der Waals surface area contributed by atoms with Crippen molar-refractivity contribution in [2.75, 3.05) is 0 Å². The summed E-state index contributed by atoms with van der Waals surface area (Å²) in [6.45, 7) is 6.59. The van der Waals surface area contributed by atoms with Gasteiger partial charge in [-0.05, 0) is 22.4 Å². The molecule has 1 nitrogen and oxygen atoms in total. The van der Waals surface area contributed by atoms with E-state index >= 15 is 0 Å². The number of hydrogen-bond acceptors (Lipinski definition) is 2. The molecule has 1 heterocycles. The van der Waals surface area contributed by atoms with Crippen molar-refractivity contribution in [2.24, 2.45) is 0 Å². The highest BCUT2D eigenvalue weighted by Crippen LogP contribution is 2.34. The standard InChI is InChI=1S/C13H14OS/c1-13(2,3)11-6-4-5-9-7-10(8-14)15-12(9)11/h4-8H,1-3H3. The molecule has 15 heavy (non-hydrogen) atoms. The molecule has 0 amide bonds. The van der Waals surface area contributed by atoms with Gasteiger partial charge < -0.3 is 0 Å². The first kappa shape index (κ1) is 10.4. The van der Waals surface area contributed by atoms with Crippen molar-refractivity contribution in [3.05, 3.63) is 34.7 Å². The van der Waals surface area contributed by atoms with Crippen LogP contribution in [0.2, 0.25) is 0 Å². The zero-order chi connectivity index (χ0) is 11.1. The molecule has 0 spiro atoms. The molecule has 0 unspecified atom stereocenters. The molecule has 0 radical (unpaired) electrons. The minimum atomic E-state index is 0.129. The largest absolute Gasteiger partial charge is 0.297 e. The summed E-state index contributed by atoms with van der Waals surface area (Å²) in [5.41, 5.74) is 1.45. The quantitative estimate of drug-likeness (QED) is 0.661. The van der Waals surface area contributed by atoms with Gasteiger partial charge in [-0.2, -0.15) is 0 Å². The Hall–Kier alpha value is -1.15. The lowest BCUT2D eigenvalue weighted by Gasteiger charge is -2.19. The predicted molar refractivity (Wildman–Crippen MR) is 65.9 cm³/mol. The molecule has 1 aromatic carbocycles. The lowest BCUT2D eigenvalue weighted by atomic mass is 9.86. The van der Waals surface area contributed by atoms with Gasteiger partial charge >= 0.3 is 0 Å². The van der Waals surface area contributed by atoms with Gasteiger partial charge in [-0.25, -0.2) is 0 Å². The van der Waals surface area contributed by atoms with Crippen molar-refractivity contribution in [1.29, 1.82) is 0 Å². The van der Waals surface area contributed by atoms with E-state index in [0.29, 0.717) is 0 Å². The molecule has 0 bridgehead atoms. The van der Waals surface area contributed by atoms with Gasteiger partial charge in [-0.1, -0.05) is 39.0 Å². The molecule has 0 saturated heterocycles. The molecule has 1 aromatic heterocycles. The second-order valence-corrected chi connectivity index (χ2v) is 5.82. The van der Waals surface area contributed by atoms with Crippen LogP contribution in [0.3, 0.4) is 0 Å². The van der Waals surface area contributed by atoms with Gasteiger partial charge in [0.05, 0.1) is 4.88 Å². The Kier molecular flexibility index (Phi) is 2.39. The maximum absolute atomic E-state index is 10.7. The third-order valence-electron chi connectivity index (χ3n) is 2.49. The average Bonchev–Trinajstić information content (AvgIpc) is 2.57. The third kappa shape index (κ3) is 1.82. The molecule has 78 valence electrons. The highest BCUT2D eigenvalue weighted by atomic mass is 32.1. The Balaban J connectivity index is 2.75. The van der Waals surface area contributed by atoms with Gasteiger partial charge in [-0.15, -0.1) is 11.3 Å². The number of benzene rings is 1. The van der Waals surface area contributed by atoms with E-state index in [0.717, 1.165) is 11.2 Å². The van der Waals surface area contributed by atoms with Crippen LogP contribution in [0.15, 0.2) is 24.3 Å². The van der Waals surface area contributed by atoms with Crippen molar-refractivity contribution < 1.29 is 4.79 Å². The van der Waals surface area contributed by atoms with Gasteiger partial charge in [0.25, 0.3) is 0 Å². The van der Waals surface area contributed by atoms with Crippen LogP contribution in [0, 0.1) is 0 Å². The molecule has 0 N–H and O–H groups in total. The highest BCUT2D eigenvalue weighted by Gasteiger charge is 2.17. The summed E-state index contributed by atoms with van der Waals surface area (Å²) in [5, 5.41) is 1.18. The second-order valence-electron chi connectivity index (χ2n) is 4.74. The van der Waals surface area contributed by atoms with Crippen LogP contribution < -0.4 is 0 Å². The summed E-state index contributed by atoms with van der Waals surface area (Å²) in [6, 6.07) is 8.23. The van der Waals surface area contributed by atoms with Crippen LogP contribution in [0.1, 0.15) is 36.0 Å². The number of rotatable bonds is 1. The fraction of sp³-hybridized carbons (Fsp3) is 0.308. The normalized spacial score (nSPS) is 11.9. The smallest absolute Gasteiger partial charge is 0.160 e. The van der Waals surface area contributed by atoms with Gasteiger partial charge in [0.15, 0.2) is 6.29 Å². The van der Waals surface area contributed by atoms with Crippen LogP contribution in [0.5, 0.6) is 0 Å². The lowest BCUT2D eigenvalue weighted by Crippen LogP contribution is -2.10. The van der Waals surface area contributed by atoms with Crippen LogP contribution >= 0.6 is 11.3 Å². The summed E-state index contributed by atoms with van der Waals surface area (Å²) in [7, 11) is 0. The van der Waals surface area contributed by atoms with E-state index in [9.17, 15) is 4.79 Å². The minimum Gasteiger partial charge on any atom is -0.297 e. The third-order valence-corrected chi connectivity index (χ3v) is 3.60. The molecule has 0 atom stereocenters. The summed E-state index contributed by atoms with van der Waals surface area (Å²) in [4.78, 5) is 11.6. The fourth-order valence-corrected chi connectivity index (χ4v) is 2.93. The van der Waals surface area contributed by atoms with E-state index in [1.165, 1.54) is 15.6 Å². The van der Waals surface area contributed by atoms with E-state index in [4.69, 9.17) is 0 Å². The molecule has 2 heteroatoms. The molecular weight excluding hydrogens is 204 g/mol. The van der Waals surface area contributed by atoms with Gasteiger partial charge in [0, 0.05) is 4.70 Å². The lowest BCUT2D eigenvalue weighted by molar-refractivity contribution is 0.112. The van der Waals surface area contributed by atoms with Crippen LogP contribution in [0.4, 0.5) is 0 Å². The van der Waals surface area contributed by atoms with E-state index < -0.39 is 0 Å². The molecular formula is C13H14OS. The number of thiophene rings is 1. The van der Waals surface area contributed by atoms with Gasteiger partial charge in [0.2, 0.25) is 0 Å². The number of carbonyl (C=O) groups is 1. The number of hydrogen-bond donors (Lipinski definition) is 0. The molecule has 2 rings (SSSR count). The summed E-state index contributed by atoms with van der Waals surface area (Å²) in [6.07, 6.45) is 0.928. The zero-order valence-corrected chi connectivity index (χ0v) is 10.0. The van der Waals surface area contributed by atoms with Crippen LogP contribution in [-0.2, 0) is 5.41 Å². The Morgan fingerprint density at radius 2 is 2.00 bits per heavy atom. The van der Waals surface area contributed by atoms with Crippen molar-refractivity contribution >= 4 is 27.7 Å². The second kappa shape index (κ2) is 3.46. The maximum atomic E-state index is 10.7. The van der Waals surface area contributed by atoms with Gasteiger partial charge in [-0.3, -0.25) is 4.79 Å². The predicted octanol–water partition coefficient (Wildman–Crippen LogP) is 4.01. The molecule has 0 saturated carbocycles. The van der Waals surface area contributed by atoms with Crippen molar-refractivity contribution in [1.82, 2.24) is 0 Å². The molecule has 2 aromatic rings. The maximum Gasteiger partial charge on any atom is 0.160 e. The Morgan fingerprint density at radius 3 is 2.60 bits per heavy atom. The Labute approximate surface area is 93.7 Å². The molecule has 0 aliphatic carbocycles. The molecule has 0 aliphatic rings. The summed E-state index contributed by atoms with van der Waals surface area (Å²) < 4.78 is 1.24. The summed E-state index contributed by atoms with van der Waals surface area (Å²) in [5.74, 6) is 0.